The maximum Gasteiger partial charge on any atom is 0.287 e. The van der Waals surface area contributed by atoms with Gasteiger partial charge in [0.15, 0.2) is 5.82 Å². The Kier molecular flexibility index (Phi) is 3.90. The Bertz CT molecular complexity index is 884. The quantitative estimate of drug-likeness (QED) is 0.664. The maximum absolute atomic E-state index is 12.7. The van der Waals surface area contributed by atoms with Crippen molar-refractivity contribution in [2.45, 2.75) is 6.92 Å². The summed E-state index contributed by atoms with van der Waals surface area (Å²) >= 11 is 5.85. The van der Waals surface area contributed by atoms with Gasteiger partial charge in [-0.2, -0.15) is 0 Å². The van der Waals surface area contributed by atoms with Gasteiger partial charge in [-0.1, -0.05) is 11.6 Å². The Hall–Kier alpha value is -3.00. The monoisotopic (exact) mass is 346 g/mol. The Morgan fingerprint density at radius 3 is 2.83 bits per heavy atom. The van der Waals surface area contributed by atoms with Crippen molar-refractivity contribution in [3.8, 4) is 0 Å². The van der Waals surface area contributed by atoms with E-state index in [4.69, 9.17) is 11.6 Å². The van der Waals surface area contributed by atoms with Crippen LogP contribution in [0.15, 0.2) is 30.5 Å². The molecule has 0 atom stereocenters. The second-order valence-electron chi connectivity index (χ2n) is 5.19. The average molecular weight is 347 g/mol. The van der Waals surface area contributed by atoms with Crippen LogP contribution in [0, 0.1) is 17.0 Å². The molecule has 8 nitrogen and oxygen atoms in total. The highest BCUT2D eigenvalue weighted by Crippen LogP contribution is 2.32. The van der Waals surface area contributed by atoms with Gasteiger partial charge in [-0.05, 0) is 30.7 Å². The van der Waals surface area contributed by atoms with Crippen LogP contribution >= 0.6 is 11.6 Å². The number of anilines is 2. The van der Waals surface area contributed by atoms with Gasteiger partial charge in [-0.3, -0.25) is 24.6 Å². The van der Waals surface area contributed by atoms with Crippen molar-refractivity contribution in [3.05, 3.63) is 56.7 Å². The number of nitro groups is 1. The van der Waals surface area contributed by atoms with Crippen molar-refractivity contribution >= 4 is 40.6 Å². The summed E-state index contributed by atoms with van der Waals surface area (Å²) in [7, 11) is 0. The van der Waals surface area contributed by atoms with Crippen molar-refractivity contribution in [2.24, 2.45) is 0 Å². The zero-order valence-corrected chi connectivity index (χ0v) is 13.2. The molecule has 1 aliphatic heterocycles. The highest BCUT2D eigenvalue weighted by atomic mass is 35.5. The van der Waals surface area contributed by atoms with Crippen molar-refractivity contribution in [2.75, 3.05) is 16.8 Å². The standard InChI is InChI=1S/C15H11ClN4O4/c1-8-4-5-17-14-13(8)18-12(21)7-19(14)15(22)9-2-3-11(20(23)24)10(16)6-9/h2-6H,7H2,1H3,(H,18,21). The summed E-state index contributed by atoms with van der Waals surface area (Å²) in [6.07, 6.45) is 1.54. The summed E-state index contributed by atoms with van der Waals surface area (Å²) in [5, 5.41) is 13.4. The number of nitrogens with one attached hydrogen (secondary N) is 1. The van der Waals surface area contributed by atoms with E-state index in [1.165, 1.54) is 23.2 Å². The Morgan fingerprint density at radius 2 is 2.17 bits per heavy atom. The molecule has 9 heteroatoms. The number of benzene rings is 1. The first kappa shape index (κ1) is 15.9. The van der Waals surface area contributed by atoms with Gasteiger partial charge in [0.05, 0.1) is 10.6 Å². The molecule has 1 N–H and O–H groups in total. The first-order valence-corrected chi connectivity index (χ1v) is 7.27. The lowest BCUT2D eigenvalue weighted by atomic mass is 10.1. The molecule has 1 aromatic heterocycles. The fourth-order valence-corrected chi connectivity index (χ4v) is 2.66. The van der Waals surface area contributed by atoms with E-state index in [9.17, 15) is 19.7 Å². The van der Waals surface area contributed by atoms with Gasteiger partial charge >= 0.3 is 0 Å². The molecule has 1 aromatic carbocycles. The van der Waals surface area contributed by atoms with Gasteiger partial charge in [-0.15, -0.1) is 0 Å². The highest BCUT2D eigenvalue weighted by molar-refractivity contribution is 6.33. The normalized spacial score (nSPS) is 13.2. The van der Waals surface area contributed by atoms with E-state index < -0.39 is 10.8 Å². The summed E-state index contributed by atoms with van der Waals surface area (Å²) < 4.78 is 0. The molecule has 0 fully saturated rings. The number of nitro benzene ring substituents is 1. The van der Waals surface area contributed by atoms with E-state index in [0.29, 0.717) is 11.5 Å². The minimum Gasteiger partial charge on any atom is -0.321 e. The zero-order chi connectivity index (χ0) is 17.4. The lowest BCUT2D eigenvalue weighted by Crippen LogP contribution is -2.43. The van der Waals surface area contributed by atoms with E-state index in [1.54, 1.807) is 13.0 Å². The molecule has 0 saturated heterocycles. The minimum atomic E-state index is -0.634. The van der Waals surface area contributed by atoms with Crippen LogP contribution in [0.2, 0.25) is 5.02 Å². The van der Waals surface area contributed by atoms with Gasteiger partial charge in [-0.25, -0.2) is 4.98 Å². The predicted octanol–water partition coefficient (Wildman–Crippen LogP) is 2.55. The van der Waals surface area contributed by atoms with Crippen LogP contribution in [0.1, 0.15) is 15.9 Å². The minimum absolute atomic E-state index is 0.134. The summed E-state index contributed by atoms with van der Waals surface area (Å²) in [6, 6.07) is 5.39. The smallest absolute Gasteiger partial charge is 0.287 e. The average Bonchev–Trinajstić information content (AvgIpc) is 2.54. The van der Waals surface area contributed by atoms with E-state index in [-0.39, 0.29) is 28.7 Å². The van der Waals surface area contributed by atoms with E-state index in [1.807, 2.05) is 0 Å². The molecular formula is C15H11ClN4O4. The fraction of sp³-hybridized carbons (Fsp3) is 0.133. The highest BCUT2D eigenvalue weighted by Gasteiger charge is 2.30. The molecule has 2 aromatic rings. The number of amides is 2. The van der Waals surface area contributed by atoms with Crippen molar-refractivity contribution < 1.29 is 14.5 Å². The largest absolute Gasteiger partial charge is 0.321 e. The molecular weight excluding hydrogens is 336 g/mol. The first-order valence-electron chi connectivity index (χ1n) is 6.89. The predicted molar refractivity (Wildman–Crippen MR) is 87.4 cm³/mol. The third kappa shape index (κ3) is 2.67. The molecule has 0 aliphatic carbocycles. The van der Waals surface area contributed by atoms with E-state index in [0.717, 1.165) is 11.6 Å². The maximum atomic E-state index is 12.7. The summed E-state index contributed by atoms with van der Waals surface area (Å²) in [6.45, 7) is 1.59. The molecule has 24 heavy (non-hydrogen) atoms. The number of aryl methyl sites for hydroxylation is 1. The Balaban J connectivity index is 2.02. The molecule has 2 heterocycles. The number of aromatic nitrogens is 1. The lowest BCUT2D eigenvalue weighted by Gasteiger charge is -2.29. The molecule has 0 radical (unpaired) electrons. The van der Waals surface area contributed by atoms with Crippen LogP contribution < -0.4 is 10.2 Å². The third-order valence-electron chi connectivity index (χ3n) is 3.60. The zero-order valence-electron chi connectivity index (χ0n) is 12.4. The Labute approximate surface area is 141 Å². The Morgan fingerprint density at radius 1 is 1.42 bits per heavy atom. The molecule has 122 valence electrons. The van der Waals surface area contributed by atoms with E-state index in [2.05, 4.69) is 10.3 Å². The number of fused-ring (bicyclic) bond motifs is 1. The van der Waals surface area contributed by atoms with Crippen LogP contribution in [0.4, 0.5) is 17.2 Å². The van der Waals surface area contributed by atoms with E-state index >= 15 is 0 Å². The topological polar surface area (TPSA) is 105 Å². The number of halogens is 1. The number of rotatable bonds is 2. The second kappa shape index (κ2) is 5.89. The molecule has 0 saturated carbocycles. The number of carbonyl (C=O) groups excluding carboxylic acids is 2. The first-order chi connectivity index (χ1) is 11.4. The number of pyridine rings is 1. The van der Waals surface area contributed by atoms with Gasteiger partial charge < -0.3 is 5.32 Å². The summed E-state index contributed by atoms with van der Waals surface area (Å²) in [4.78, 5) is 40.2. The molecule has 1 aliphatic rings. The SMILES string of the molecule is Cc1ccnc2c1NC(=O)CN2C(=O)c1ccc([N+](=O)[O-])c(Cl)c1. The number of hydrogen-bond acceptors (Lipinski definition) is 5. The molecule has 2 amide bonds. The van der Waals surface area contributed by atoms with Crippen LogP contribution in [-0.2, 0) is 4.79 Å². The van der Waals surface area contributed by atoms with Crippen molar-refractivity contribution in [1.82, 2.24) is 4.98 Å². The molecule has 0 unspecified atom stereocenters. The van der Waals surface area contributed by atoms with Crippen LogP contribution in [-0.4, -0.2) is 28.3 Å². The van der Waals surface area contributed by atoms with Gasteiger partial charge in [0.1, 0.15) is 11.6 Å². The van der Waals surface area contributed by atoms with Crippen LogP contribution in [0.25, 0.3) is 0 Å². The molecule has 0 bridgehead atoms. The lowest BCUT2D eigenvalue weighted by molar-refractivity contribution is -0.384. The molecule has 0 spiro atoms. The van der Waals surface area contributed by atoms with Crippen molar-refractivity contribution in [3.63, 3.8) is 0 Å². The summed E-state index contributed by atoms with van der Waals surface area (Å²) in [5.74, 6) is -0.532. The summed E-state index contributed by atoms with van der Waals surface area (Å²) in [5.41, 5.74) is 1.08. The number of carbonyl (C=O) groups is 2. The third-order valence-corrected chi connectivity index (χ3v) is 3.90. The van der Waals surface area contributed by atoms with Gasteiger partial charge in [0, 0.05) is 17.8 Å². The van der Waals surface area contributed by atoms with Crippen LogP contribution in [0.3, 0.4) is 0 Å². The van der Waals surface area contributed by atoms with Crippen molar-refractivity contribution in [1.29, 1.82) is 0 Å². The fourth-order valence-electron chi connectivity index (χ4n) is 2.41. The number of nitrogens with zero attached hydrogens (tertiary/aromatic N) is 3. The number of hydrogen-bond donors (Lipinski definition) is 1. The van der Waals surface area contributed by atoms with Gasteiger partial charge in [0.2, 0.25) is 5.91 Å². The second-order valence-corrected chi connectivity index (χ2v) is 5.60. The van der Waals surface area contributed by atoms with Gasteiger partial charge in [0.25, 0.3) is 11.6 Å². The van der Waals surface area contributed by atoms with Crippen LogP contribution in [0.5, 0.6) is 0 Å². The molecule has 3 rings (SSSR count).